The van der Waals surface area contributed by atoms with Gasteiger partial charge in [0, 0.05) is 40.2 Å². The van der Waals surface area contributed by atoms with Crippen molar-refractivity contribution in [2.75, 3.05) is 28.3 Å². The summed E-state index contributed by atoms with van der Waals surface area (Å²) < 4.78 is 7.98. The van der Waals surface area contributed by atoms with Gasteiger partial charge in [-0.3, -0.25) is 5.32 Å². The molecule has 0 aliphatic carbocycles. The van der Waals surface area contributed by atoms with E-state index in [2.05, 4.69) is 46.7 Å². The summed E-state index contributed by atoms with van der Waals surface area (Å²) >= 11 is 0. The average Bonchev–Trinajstić information content (AvgIpc) is 3.74. The van der Waals surface area contributed by atoms with E-state index in [-0.39, 0.29) is 5.41 Å². The Bertz CT molecular complexity index is 2100. The highest BCUT2D eigenvalue weighted by molar-refractivity contribution is 7.78. The average molecular weight is 673 g/mol. The number of aromatic nitrogens is 4. The molecule has 0 spiro atoms. The van der Waals surface area contributed by atoms with Gasteiger partial charge in [0.05, 0.1) is 29.4 Å². The van der Waals surface area contributed by atoms with Gasteiger partial charge in [-0.25, -0.2) is 19.4 Å². The molecular formula is C38H39N7O3P+. The van der Waals surface area contributed by atoms with Crippen LogP contribution in [0.3, 0.4) is 0 Å². The van der Waals surface area contributed by atoms with Gasteiger partial charge in [0.25, 0.3) is 0 Å². The largest absolute Gasteiger partial charge is 0.438 e. The molecule has 6 aromatic rings. The lowest BCUT2D eigenvalue weighted by molar-refractivity contribution is 0.262. The number of para-hydroxylation sites is 1. The van der Waals surface area contributed by atoms with E-state index < -0.39 is 13.5 Å². The molecule has 0 atom stereocenters. The van der Waals surface area contributed by atoms with Gasteiger partial charge in [-0.1, -0.05) is 63.2 Å². The van der Waals surface area contributed by atoms with Gasteiger partial charge < -0.3 is 15.4 Å². The van der Waals surface area contributed by atoms with Crippen LogP contribution in [-0.2, 0) is 5.41 Å². The summed E-state index contributed by atoms with van der Waals surface area (Å²) in [5, 5.41) is 16.7. The standard InChI is InChI=1S/C38H38N7O3P/c1-38(2,3)33-25-34(45(44-33)27-15-17-28(18-16-27)49(47)23-9-10-24-49)42-37(46)41-31-19-20-32(30-14-8-7-13-29(30)31)48-35-21-22-39-36(43-35)40-26-11-5-4-6-12-26/h4-8,11-22,25,47H,9-10,23-24H2,1-3H3,(H2-,39,40,41,42,43,44,46)/p+1. The smallest absolute Gasteiger partial charge is 0.324 e. The molecule has 1 saturated heterocycles. The summed E-state index contributed by atoms with van der Waals surface area (Å²) in [6.45, 7) is 6.26. The zero-order valence-corrected chi connectivity index (χ0v) is 28.6. The molecule has 11 heteroatoms. The molecule has 248 valence electrons. The van der Waals surface area contributed by atoms with Crippen LogP contribution in [0.5, 0.6) is 11.6 Å². The predicted molar refractivity (Wildman–Crippen MR) is 198 cm³/mol. The van der Waals surface area contributed by atoms with Crippen LogP contribution in [-0.4, -0.2) is 43.0 Å². The number of ether oxygens (including phenoxy) is 1. The first-order valence-corrected chi connectivity index (χ1v) is 18.5. The minimum absolute atomic E-state index is 0.239. The summed E-state index contributed by atoms with van der Waals surface area (Å²) in [6.07, 6.45) is 5.55. The molecule has 0 radical (unpaired) electrons. The molecule has 3 heterocycles. The molecule has 1 aliphatic rings. The summed E-state index contributed by atoms with van der Waals surface area (Å²) in [6, 6.07) is 32.2. The fourth-order valence-electron chi connectivity index (χ4n) is 5.98. The van der Waals surface area contributed by atoms with Crippen molar-refractivity contribution in [3.8, 4) is 17.3 Å². The number of urea groups is 1. The number of carbonyl (C=O) groups excluding carboxylic acids is 1. The first kappa shape index (κ1) is 32.2. The monoisotopic (exact) mass is 672 g/mol. The van der Waals surface area contributed by atoms with Gasteiger partial charge in [-0.2, -0.15) is 10.1 Å². The fraction of sp³-hybridized carbons (Fsp3) is 0.211. The van der Waals surface area contributed by atoms with Crippen LogP contribution in [0, 0.1) is 0 Å². The maximum absolute atomic E-state index is 13.6. The molecular weight excluding hydrogens is 633 g/mol. The summed E-state index contributed by atoms with van der Waals surface area (Å²) in [4.78, 5) is 33.6. The van der Waals surface area contributed by atoms with E-state index in [0.29, 0.717) is 29.1 Å². The second kappa shape index (κ2) is 13.3. The van der Waals surface area contributed by atoms with Crippen molar-refractivity contribution in [1.29, 1.82) is 0 Å². The van der Waals surface area contributed by atoms with Gasteiger partial charge in [0.1, 0.15) is 16.9 Å². The third-order valence-corrected chi connectivity index (χ3v) is 12.0. The lowest BCUT2D eigenvalue weighted by Crippen LogP contribution is -2.21. The Morgan fingerprint density at radius 3 is 2.31 bits per heavy atom. The Balaban J connectivity index is 1.11. The molecule has 1 aliphatic heterocycles. The van der Waals surface area contributed by atoms with Crippen molar-refractivity contribution in [2.45, 2.75) is 39.0 Å². The van der Waals surface area contributed by atoms with Crippen LogP contribution >= 0.6 is 7.49 Å². The first-order valence-electron chi connectivity index (χ1n) is 16.4. The van der Waals surface area contributed by atoms with Crippen LogP contribution in [0.4, 0.5) is 27.9 Å². The van der Waals surface area contributed by atoms with Gasteiger partial charge in [-0.15, -0.1) is 0 Å². The number of hydrogen-bond acceptors (Lipinski definition) is 7. The number of nitrogens with zero attached hydrogens (tertiary/aromatic N) is 4. The molecule has 4 N–H and O–H groups in total. The highest BCUT2D eigenvalue weighted by Crippen LogP contribution is 2.58. The highest BCUT2D eigenvalue weighted by Gasteiger charge is 2.41. The summed E-state index contributed by atoms with van der Waals surface area (Å²) in [5.74, 6) is 1.93. The highest BCUT2D eigenvalue weighted by atomic mass is 31.2. The van der Waals surface area contributed by atoms with Crippen molar-refractivity contribution in [2.24, 2.45) is 0 Å². The first-order chi connectivity index (χ1) is 23.6. The van der Waals surface area contributed by atoms with E-state index in [9.17, 15) is 9.69 Å². The predicted octanol–water partition coefficient (Wildman–Crippen LogP) is 8.64. The Morgan fingerprint density at radius 1 is 0.857 bits per heavy atom. The minimum atomic E-state index is -2.07. The van der Waals surface area contributed by atoms with Gasteiger partial charge in [-0.05, 0) is 61.4 Å². The van der Waals surface area contributed by atoms with Crippen molar-refractivity contribution < 1.29 is 14.4 Å². The van der Waals surface area contributed by atoms with Crippen molar-refractivity contribution in [1.82, 2.24) is 19.7 Å². The van der Waals surface area contributed by atoms with Crippen LogP contribution in [0.15, 0.2) is 109 Å². The van der Waals surface area contributed by atoms with Crippen molar-refractivity contribution >= 4 is 52.7 Å². The zero-order chi connectivity index (χ0) is 34.0. The second-order valence-corrected chi connectivity index (χ2v) is 16.5. The van der Waals surface area contributed by atoms with E-state index in [1.807, 2.05) is 97.1 Å². The molecule has 10 nitrogen and oxygen atoms in total. The summed E-state index contributed by atoms with van der Waals surface area (Å²) in [5.41, 5.74) is 2.90. The lowest BCUT2D eigenvalue weighted by Gasteiger charge is -2.15. The van der Waals surface area contributed by atoms with E-state index in [4.69, 9.17) is 9.84 Å². The van der Waals surface area contributed by atoms with Crippen molar-refractivity contribution in [3.63, 3.8) is 0 Å². The van der Waals surface area contributed by atoms with E-state index >= 15 is 0 Å². The normalized spacial score (nSPS) is 14.0. The number of anilines is 4. The Morgan fingerprint density at radius 2 is 1.57 bits per heavy atom. The Hall–Kier alpha value is -5.31. The lowest BCUT2D eigenvalue weighted by atomic mass is 9.92. The molecule has 49 heavy (non-hydrogen) atoms. The third-order valence-electron chi connectivity index (χ3n) is 8.61. The van der Waals surface area contributed by atoms with E-state index in [1.165, 1.54) is 0 Å². The number of rotatable bonds is 8. The molecule has 0 unspecified atom stereocenters. The number of carbonyl (C=O) groups is 1. The number of hydrogen-bond donors (Lipinski definition) is 4. The minimum Gasteiger partial charge on any atom is -0.438 e. The molecule has 0 bridgehead atoms. The molecule has 1 fully saturated rings. The van der Waals surface area contributed by atoms with Crippen LogP contribution in [0.25, 0.3) is 16.5 Å². The van der Waals surface area contributed by atoms with E-state index in [0.717, 1.165) is 58.3 Å². The number of benzene rings is 4. The van der Waals surface area contributed by atoms with E-state index in [1.54, 1.807) is 16.9 Å². The second-order valence-electron chi connectivity index (χ2n) is 13.2. The van der Waals surface area contributed by atoms with Gasteiger partial charge in [0.2, 0.25) is 11.8 Å². The maximum Gasteiger partial charge on any atom is 0.324 e. The molecule has 2 aromatic heterocycles. The number of amides is 2. The molecule has 7 rings (SSSR count). The maximum atomic E-state index is 13.6. The molecule has 0 saturated carbocycles. The summed E-state index contributed by atoms with van der Waals surface area (Å²) in [7, 11) is -2.07. The fourth-order valence-corrected chi connectivity index (χ4v) is 8.92. The number of nitrogens with one attached hydrogen (secondary N) is 3. The van der Waals surface area contributed by atoms with Crippen molar-refractivity contribution in [3.05, 3.63) is 115 Å². The topological polar surface area (TPSA) is 126 Å². The number of fused-ring (bicyclic) bond motifs is 1. The zero-order valence-electron chi connectivity index (χ0n) is 27.7. The third kappa shape index (κ3) is 7.11. The van der Waals surface area contributed by atoms with Crippen LogP contribution in [0.2, 0.25) is 0 Å². The van der Waals surface area contributed by atoms with Gasteiger partial charge >= 0.3 is 6.03 Å². The molecule has 4 aromatic carbocycles. The van der Waals surface area contributed by atoms with Crippen LogP contribution < -0.4 is 26.0 Å². The van der Waals surface area contributed by atoms with Crippen LogP contribution in [0.1, 0.15) is 39.3 Å². The Labute approximate surface area is 286 Å². The molecule has 2 amide bonds. The van der Waals surface area contributed by atoms with Gasteiger partial charge in [0.15, 0.2) is 7.49 Å². The quantitative estimate of drug-likeness (QED) is 0.119. The SMILES string of the molecule is CC(C)(C)c1cc(NC(=O)Nc2ccc(Oc3ccnc(Nc4ccccc4)n3)c3ccccc23)n(-c2ccc([P+]3(O)CCCC3)cc2)n1. The Kier molecular flexibility index (Phi) is 8.75.